The molecule has 0 aliphatic heterocycles. The van der Waals surface area contributed by atoms with Crippen LogP contribution in [0, 0.1) is 5.92 Å². The van der Waals surface area contributed by atoms with Crippen LogP contribution in [0.4, 0.5) is 0 Å². The van der Waals surface area contributed by atoms with Gasteiger partial charge in [0, 0.05) is 18.1 Å². The SMILES string of the molecule is CN(C)C1(CNC2CCCC2CN)CCCC1. The second-order valence-electron chi connectivity index (χ2n) is 6.24. The standard InChI is InChI=1S/C14H29N3/c1-17(2)14(8-3-4-9-14)11-16-13-7-5-6-12(13)10-15/h12-13,16H,3-11,15H2,1-2H3. The largest absolute Gasteiger partial charge is 0.330 e. The zero-order valence-electron chi connectivity index (χ0n) is 11.5. The number of hydrogen-bond donors (Lipinski definition) is 2. The summed E-state index contributed by atoms with van der Waals surface area (Å²) in [5.74, 6) is 0.718. The summed E-state index contributed by atoms with van der Waals surface area (Å²) in [4.78, 5) is 2.44. The van der Waals surface area contributed by atoms with Crippen molar-refractivity contribution in [3.8, 4) is 0 Å². The fraction of sp³-hybridized carbons (Fsp3) is 1.00. The molecule has 0 bridgehead atoms. The number of nitrogens with one attached hydrogen (secondary N) is 1. The summed E-state index contributed by atoms with van der Waals surface area (Å²) in [5, 5.41) is 3.83. The molecule has 3 nitrogen and oxygen atoms in total. The minimum atomic E-state index is 0.418. The van der Waals surface area contributed by atoms with Crippen LogP contribution in [0.15, 0.2) is 0 Å². The van der Waals surface area contributed by atoms with E-state index < -0.39 is 0 Å². The molecule has 100 valence electrons. The normalized spacial score (nSPS) is 32.5. The summed E-state index contributed by atoms with van der Waals surface area (Å²) < 4.78 is 0. The van der Waals surface area contributed by atoms with Crippen molar-refractivity contribution in [2.45, 2.75) is 56.5 Å². The highest BCUT2D eigenvalue weighted by molar-refractivity contribution is 4.96. The van der Waals surface area contributed by atoms with Gasteiger partial charge in [-0.3, -0.25) is 0 Å². The predicted molar refractivity (Wildman–Crippen MR) is 73.1 cm³/mol. The zero-order chi connectivity index (χ0) is 12.3. The van der Waals surface area contributed by atoms with E-state index in [1.807, 2.05) is 0 Å². The van der Waals surface area contributed by atoms with Crippen LogP contribution in [0.3, 0.4) is 0 Å². The van der Waals surface area contributed by atoms with Gasteiger partial charge in [0.05, 0.1) is 0 Å². The number of nitrogens with zero attached hydrogens (tertiary/aromatic N) is 1. The summed E-state index contributed by atoms with van der Waals surface area (Å²) in [6.07, 6.45) is 9.50. The van der Waals surface area contributed by atoms with Crippen molar-refractivity contribution in [1.29, 1.82) is 0 Å². The fourth-order valence-electron chi connectivity index (χ4n) is 3.72. The Morgan fingerprint density at radius 3 is 2.47 bits per heavy atom. The molecule has 3 N–H and O–H groups in total. The van der Waals surface area contributed by atoms with E-state index in [-0.39, 0.29) is 0 Å². The van der Waals surface area contributed by atoms with E-state index in [0.717, 1.165) is 19.0 Å². The maximum absolute atomic E-state index is 5.85. The first-order valence-electron chi connectivity index (χ1n) is 7.29. The van der Waals surface area contributed by atoms with Crippen LogP contribution < -0.4 is 11.1 Å². The second kappa shape index (κ2) is 5.68. The molecule has 0 aromatic carbocycles. The highest BCUT2D eigenvalue weighted by atomic mass is 15.2. The van der Waals surface area contributed by atoms with Gasteiger partial charge in [0.15, 0.2) is 0 Å². The minimum absolute atomic E-state index is 0.418. The van der Waals surface area contributed by atoms with E-state index in [4.69, 9.17) is 5.73 Å². The van der Waals surface area contributed by atoms with Gasteiger partial charge in [-0.2, -0.15) is 0 Å². The molecule has 17 heavy (non-hydrogen) atoms. The van der Waals surface area contributed by atoms with Crippen LogP contribution in [-0.2, 0) is 0 Å². The van der Waals surface area contributed by atoms with E-state index >= 15 is 0 Å². The summed E-state index contributed by atoms with van der Waals surface area (Å²) in [6, 6.07) is 0.678. The lowest BCUT2D eigenvalue weighted by Gasteiger charge is -2.38. The first-order chi connectivity index (χ1) is 8.18. The van der Waals surface area contributed by atoms with E-state index in [0.29, 0.717) is 11.6 Å². The number of hydrogen-bond acceptors (Lipinski definition) is 3. The maximum atomic E-state index is 5.85. The molecule has 0 spiro atoms. The molecule has 2 unspecified atom stereocenters. The van der Waals surface area contributed by atoms with Crippen molar-refractivity contribution >= 4 is 0 Å². The van der Waals surface area contributed by atoms with Gasteiger partial charge in [0.2, 0.25) is 0 Å². The Kier molecular flexibility index (Phi) is 4.45. The van der Waals surface area contributed by atoms with Crippen LogP contribution in [0.1, 0.15) is 44.9 Å². The van der Waals surface area contributed by atoms with Gasteiger partial charge < -0.3 is 16.0 Å². The van der Waals surface area contributed by atoms with E-state index in [1.54, 1.807) is 0 Å². The molecule has 2 saturated carbocycles. The topological polar surface area (TPSA) is 41.3 Å². The molecule has 0 heterocycles. The monoisotopic (exact) mass is 239 g/mol. The van der Waals surface area contributed by atoms with Gasteiger partial charge >= 0.3 is 0 Å². The van der Waals surface area contributed by atoms with Crippen molar-refractivity contribution < 1.29 is 0 Å². The lowest BCUT2D eigenvalue weighted by Crippen LogP contribution is -2.52. The van der Waals surface area contributed by atoms with Crippen molar-refractivity contribution in [2.75, 3.05) is 27.2 Å². The van der Waals surface area contributed by atoms with E-state index in [9.17, 15) is 0 Å². The quantitative estimate of drug-likeness (QED) is 0.765. The summed E-state index contributed by atoms with van der Waals surface area (Å²) >= 11 is 0. The Bertz CT molecular complexity index is 234. The third-order valence-electron chi connectivity index (χ3n) is 5.14. The first kappa shape index (κ1) is 13.3. The van der Waals surface area contributed by atoms with Gasteiger partial charge in [-0.1, -0.05) is 19.3 Å². The molecule has 2 aliphatic rings. The second-order valence-corrected chi connectivity index (χ2v) is 6.24. The molecule has 0 aromatic rings. The molecule has 2 fully saturated rings. The Morgan fingerprint density at radius 1 is 1.18 bits per heavy atom. The van der Waals surface area contributed by atoms with Crippen LogP contribution in [0.25, 0.3) is 0 Å². The Morgan fingerprint density at radius 2 is 1.88 bits per heavy atom. The zero-order valence-corrected chi connectivity index (χ0v) is 11.5. The fourth-order valence-corrected chi connectivity index (χ4v) is 3.72. The highest BCUT2D eigenvalue weighted by Crippen LogP contribution is 2.34. The average molecular weight is 239 g/mol. The molecule has 2 rings (SSSR count). The molecule has 2 aliphatic carbocycles. The molecule has 0 amide bonds. The number of nitrogens with two attached hydrogens (primary N) is 1. The molecule has 2 atom stereocenters. The predicted octanol–water partition coefficient (Wildman–Crippen LogP) is 1.58. The van der Waals surface area contributed by atoms with Crippen LogP contribution in [-0.4, -0.2) is 43.7 Å². The number of likely N-dealkylation sites (N-methyl/N-ethyl adjacent to an activating group) is 1. The van der Waals surface area contributed by atoms with E-state index in [1.165, 1.54) is 44.9 Å². The minimum Gasteiger partial charge on any atom is -0.330 e. The Labute approximate surface area is 106 Å². The van der Waals surface area contributed by atoms with Gasteiger partial charge in [0.25, 0.3) is 0 Å². The lowest BCUT2D eigenvalue weighted by atomic mass is 9.94. The van der Waals surface area contributed by atoms with Crippen LogP contribution in [0.5, 0.6) is 0 Å². The first-order valence-corrected chi connectivity index (χ1v) is 7.29. The maximum Gasteiger partial charge on any atom is 0.0327 e. The van der Waals surface area contributed by atoms with Gasteiger partial charge in [-0.15, -0.1) is 0 Å². The number of rotatable bonds is 5. The van der Waals surface area contributed by atoms with Crippen molar-refractivity contribution in [2.24, 2.45) is 11.7 Å². The molecule has 3 heteroatoms. The van der Waals surface area contributed by atoms with Crippen molar-refractivity contribution in [3.05, 3.63) is 0 Å². The summed E-state index contributed by atoms with van der Waals surface area (Å²) in [7, 11) is 4.48. The molecule has 0 radical (unpaired) electrons. The van der Waals surface area contributed by atoms with Gasteiger partial charge in [-0.25, -0.2) is 0 Å². The molecule has 0 aromatic heterocycles. The van der Waals surface area contributed by atoms with Crippen LogP contribution >= 0.6 is 0 Å². The summed E-state index contributed by atoms with van der Waals surface area (Å²) in [5.41, 5.74) is 6.27. The summed E-state index contributed by atoms with van der Waals surface area (Å²) in [6.45, 7) is 2.01. The lowest BCUT2D eigenvalue weighted by molar-refractivity contribution is 0.146. The van der Waals surface area contributed by atoms with E-state index in [2.05, 4.69) is 24.3 Å². The molecular weight excluding hydrogens is 210 g/mol. The Hall–Kier alpha value is -0.120. The molecular formula is C14H29N3. The smallest absolute Gasteiger partial charge is 0.0327 e. The van der Waals surface area contributed by atoms with Crippen molar-refractivity contribution in [3.63, 3.8) is 0 Å². The molecule has 0 saturated heterocycles. The van der Waals surface area contributed by atoms with Crippen molar-refractivity contribution in [1.82, 2.24) is 10.2 Å². The highest BCUT2D eigenvalue weighted by Gasteiger charge is 2.37. The van der Waals surface area contributed by atoms with Gasteiger partial charge in [-0.05, 0) is 52.2 Å². The Balaban J connectivity index is 1.87. The third kappa shape index (κ3) is 2.83. The van der Waals surface area contributed by atoms with Gasteiger partial charge in [0.1, 0.15) is 0 Å². The third-order valence-corrected chi connectivity index (χ3v) is 5.14. The van der Waals surface area contributed by atoms with Crippen LogP contribution in [0.2, 0.25) is 0 Å². The average Bonchev–Trinajstić information content (AvgIpc) is 2.96.